The first-order valence-electron chi connectivity index (χ1n) is 7.86. The Morgan fingerprint density at radius 1 is 1.12 bits per heavy atom. The van der Waals surface area contributed by atoms with E-state index < -0.39 is 11.5 Å². The minimum atomic E-state index is -0.873. The fourth-order valence-electron chi connectivity index (χ4n) is 2.43. The maximum absolute atomic E-state index is 12.5. The summed E-state index contributed by atoms with van der Waals surface area (Å²) in [6.07, 6.45) is 0.375. The molecule has 0 aliphatic carbocycles. The first kappa shape index (κ1) is 17.7. The van der Waals surface area contributed by atoms with Crippen LogP contribution in [0.4, 0.5) is 0 Å². The number of aryl methyl sites for hydroxylation is 1. The molecule has 24 heavy (non-hydrogen) atoms. The largest absolute Gasteiger partial charge is 0.481 e. The second-order valence-corrected chi connectivity index (χ2v) is 6.43. The molecule has 0 bridgehead atoms. The summed E-state index contributed by atoms with van der Waals surface area (Å²) in [7, 11) is 0. The smallest absolute Gasteiger partial charge is 0.303 e. The number of hydrogen-bond acceptors (Lipinski definition) is 3. The second kappa shape index (κ2) is 7.25. The van der Waals surface area contributed by atoms with Crippen LogP contribution in [0.2, 0.25) is 0 Å². The van der Waals surface area contributed by atoms with Crippen molar-refractivity contribution in [1.29, 1.82) is 0 Å². The third kappa shape index (κ3) is 4.65. The third-order valence-corrected chi connectivity index (χ3v) is 3.82. The highest BCUT2D eigenvalue weighted by molar-refractivity contribution is 5.96. The van der Waals surface area contributed by atoms with Crippen LogP contribution in [0.15, 0.2) is 42.5 Å². The summed E-state index contributed by atoms with van der Waals surface area (Å²) in [6.45, 7) is 5.43. The summed E-state index contributed by atoms with van der Waals surface area (Å²) in [4.78, 5) is 27.7. The minimum Gasteiger partial charge on any atom is -0.481 e. The summed E-state index contributed by atoms with van der Waals surface area (Å²) < 4.78 is 0. The van der Waals surface area contributed by atoms with Gasteiger partial charge in [0, 0.05) is 17.5 Å². The topological polar surface area (TPSA) is 79.3 Å². The fraction of sp³-hybridized carbons (Fsp3) is 0.316. The van der Waals surface area contributed by atoms with Gasteiger partial charge in [-0.2, -0.15) is 0 Å². The van der Waals surface area contributed by atoms with Crippen LogP contribution in [-0.4, -0.2) is 27.5 Å². The van der Waals surface area contributed by atoms with E-state index in [4.69, 9.17) is 5.11 Å². The molecule has 1 amide bonds. The van der Waals surface area contributed by atoms with E-state index in [2.05, 4.69) is 10.3 Å². The van der Waals surface area contributed by atoms with Crippen molar-refractivity contribution < 1.29 is 14.7 Å². The first-order chi connectivity index (χ1) is 11.3. The zero-order chi connectivity index (χ0) is 17.7. The van der Waals surface area contributed by atoms with Crippen LogP contribution in [0.25, 0.3) is 11.3 Å². The summed E-state index contributed by atoms with van der Waals surface area (Å²) in [5, 5.41) is 11.7. The summed E-state index contributed by atoms with van der Waals surface area (Å²) >= 11 is 0. The standard InChI is InChI=1S/C19H22N2O3/c1-13-15(18(24)21-19(2,3)12-11-17(22)23)9-10-16(20-13)14-7-5-4-6-8-14/h4-10H,11-12H2,1-3H3,(H,21,24)(H,22,23). The summed E-state index contributed by atoms with van der Waals surface area (Å²) in [5.74, 6) is -1.11. The fourth-order valence-corrected chi connectivity index (χ4v) is 2.43. The highest BCUT2D eigenvalue weighted by Gasteiger charge is 2.23. The number of carboxylic acid groups (broad SMARTS) is 1. The molecule has 0 saturated carbocycles. The van der Waals surface area contributed by atoms with Gasteiger partial charge in [-0.15, -0.1) is 0 Å². The zero-order valence-electron chi connectivity index (χ0n) is 14.2. The van der Waals surface area contributed by atoms with E-state index in [1.807, 2.05) is 50.2 Å². The zero-order valence-corrected chi connectivity index (χ0v) is 14.2. The van der Waals surface area contributed by atoms with Crippen LogP contribution >= 0.6 is 0 Å². The molecular formula is C19H22N2O3. The lowest BCUT2D eigenvalue weighted by molar-refractivity contribution is -0.137. The number of aliphatic carboxylic acids is 1. The van der Waals surface area contributed by atoms with Crippen LogP contribution in [0.1, 0.15) is 42.7 Å². The maximum Gasteiger partial charge on any atom is 0.303 e. The van der Waals surface area contributed by atoms with Gasteiger partial charge in [0.2, 0.25) is 0 Å². The van der Waals surface area contributed by atoms with Crippen molar-refractivity contribution >= 4 is 11.9 Å². The van der Waals surface area contributed by atoms with E-state index in [1.165, 1.54) is 0 Å². The van der Waals surface area contributed by atoms with Crippen LogP contribution in [0.3, 0.4) is 0 Å². The van der Waals surface area contributed by atoms with Gasteiger partial charge in [-0.1, -0.05) is 30.3 Å². The molecule has 0 aliphatic heterocycles. The lowest BCUT2D eigenvalue weighted by Gasteiger charge is -2.26. The van der Waals surface area contributed by atoms with Crippen molar-refractivity contribution in [3.05, 3.63) is 53.7 Å². The number of amides is 1. The number of aromatic nitrogens is 1. The van der Waals surface area contributed by atoms with Gasteiger partial charge in [0.15, 0.2) is 0 Å². The minimum absolute atomic E-state index is 0.0114. The van der Waals surface area contributed by atoms with Gasteiger partial charge < -0.3 is 10.4 Å². The Morgan fingerprint density at radius 2 is 1.79 bits per heavy atom. The first-order valence-corrected chi connectivity index (χ1v) is 7.86. The number of pyridine rings is 1. The quantitative estimate of drug-likeness (QED) is 0.852. The molecule has 1 heterocycles. The second-order valence-electron chi connectivity index (χ2n) is 6.43. The molecule has 2 aromatic rings. The van der Waals surface area contributed by atoms with Crippen molar-refractivity contribution in [3.8, 4) is 11.3 Å². The number of nitrogens with one attached hydrogen (secondary N) is 1. The average molecular weight is 326 g/mol. The SMILES string of the molecule is Cc1nc(-c2ccccc2)ccc1C(=O)NC(C)(C)CCC(=O)O. The van der Waals surface area contributed by atoms with Crippen LogP contribution in [0.5, 0.6) is 0 Å². The van der Waals surface area contributed by atoms with Crippen molar-refractivity contribution in [3.63, 3.8) is 0 Å². The predicted octanol–water partition coefficient (Wildman–Crippen LogP) is 3.43. The Bertz CT molecular complexity index is 740. The van der Waals surface area contributed by atoms with Gasteiger partial charge in [-0.05, 0) is 39.3 Å². The number of hydrogen-bond donors (Lipinski definition) is 2. The van der Waals surface area contributed by atoms with Crippen molar-refractivity contribution in [2.24, 2.45) is 0 Å². The molecule has 0 fully saturated rings. The van der Waals surface area contributed by atoms with Gasteiger partial charge in [0.1, 0.15) is 0 Å². The van der Waals surface area contributed by atoms with E-state index in [-0.39, 0.29) is 12.3 Å². The van der Waals surface area contributed by atoms with E-state index in [0.717, 1.165) is 11.3 Å². The third-order valence-electron chi connectivity index (χ3n) is 3.82. The molecule has 2 rings (SSSR count). The molecule has 1 aromatic carbocycles. The molecule has 0 spiro atoms. The monoisotopic (exact) mass is 326 g/mol. The summed E-state index contributed by atoms with van der Waals surface area (Å²) in [5.41, 5.74) is 2.35. The number of carboxylic acids is 1. The van der Waals surface area contributed by atoms with E-state index >= 15 is 0 Å². The van der Waals surface area contributed by atoms with E-state index in [1.54, 1.807) is 13.0 Å². The summed E-state index contributed by atoms with van der Waals surface area (Å²) in [6, 6.07) is 13.3. The average Bonchev–Trinajstić information content (AvgIpc) is 2.53. The molecule has 0 atom stereocenters. The molecule has 126 valence electrons. The lowest BCUT2D eigenvalue weighted by atomic mass is 9.97. The number of benzene rings is 1. The molecular weight excluding hydrogens is 304 g/mol. The number of nitrogens with zero attached hydrogens (tertiary/aromatic N) is 1. The molecule has 0 aliphatic rings. The highest BCUT2D eigenvalue weighted by Crippen LogP contribution is 2.19. The Labute approximate surface area is 141 Å². The number of carbonyl (C=O) groups excluding carboxylic acids is 1. The van der Waals surface area contributed by atoms with Gasteiger partial charge in [-0.25, -0.2) is 0 Å². The van der Waals surface area contributed by atoms with Gasteiger partial charge in [-0.3, -0.25) is 14.6 Å². The molecule has 0 unspecified atom stereocenters. The van der Waals surface area contributed by atoms with Crippen LogP contribution in [-0.2, 0) is 4.79 Å². The number of carbonyl (C=O) groups is 2. The van der Waals surface area contributed by atoms with Crippen molar-refractivity contribution in [2.75, 3.05) is 0 Å². The van der Waals surface area contributed by atoms with E-state index in [9.17, 15) is 9.59 Å². The Balaban J connectivity index is 2.14. The maximum atomic E-state index is 12.5. The van der Waals surface area contributed by atoms with Gasteiger partial charge >= 0.3 is 5.97 Å². The Morgan fingerprint density at radius 3 is 2.38 bits per heavy atom. The van der Waals surface area contributed by atoms with Gasteiger partial charge in [0.05, 0.1) is 17.0 Å². The molecule has 5 nitrogen and oxygen atoms in total. The molecule has 5 heteroatoms. The number of rotatable bonds is 6. The molecule has 1 aromatic heterocycles. The van der Waals surface area contributed by atoms with E-state index in [0.29, 0.717) is 17.7 Å². The van der Waals surface area contributed by atoms with Crippen LogP contribution in [0, 0.1) is 6.92 Å². The molecule has 0 saturated heterocycles. The Kier molecular flexibility index (Phi) is 5.34. The van der Waals surface area contributed by atoms with Gasteiger partial charge in [0.25, 0.3) is 5.91 Å². The van der Waals surface area contributed by atoms with Crippen molar-refractivity contribution in [1.82, 2.24) is 10.3 Å². The van der Waals surface area contributed by atoms with Crippen LogP contribution < -0.4 is 5.32 Å². The molecule has 0 radical (unpaired) electrons. The lowest BCUT2D eigenvalue weighted by Crippen LogP contribution is -2.44. The highest BCUT2D eigenvalue weighted by atomic mass is 16.4. The molecule has 2 N–H and O–H groups in total. The predicted molar refractivity (Wildman–Crippen MR) is 92.8 cm³/mol. The van der Waals surface area contributed by atoms with Crippen molar-refractivity contribution in [2.45, 2.75) is 39.2 Å². The Hall–Kier alpha value is -2.69. The normalized spacial score (nSPS) is 11.1.